The topological polar surface area (TPSA) is 9.23 Å². The lowest BCUT2D eigenvalue weighted by molar-refractivity contribution is 0.392. The number of rotatable bonds is 2. The summed E-state index contributed by atoms with van der Waals surface area (Å²) in [5.41, 5.74) is 0. The average Bonchev–Trinajstić information content (AvgIpc) is 1.68. The Kier molecular flexibility index (Phi) is 4.14. The van der Waals surface area contributed by atoms with Crippen molar-refractivity contribution in [2.75, 3.05) is 0 Å². The molecule has 0 aliphatic rings. The van der Waals surface area contributed by atoms with Crippen molar-refractivity contribution in [3.63, 3.8) is 0 Å². The van der Waals surface area contributed by atoms with E-state index in [0.717, 1.165) is 0 Å². The van der Waals surface area contributed by atoms with Gasteiger partial charge in [0.05, 0.1) is 6.26 Å². The van der Waals surface area contributed by atoms with Gasteiger partial charge in [-0.3, -0.25) is 0 Å². The van der Waals surface area contributed by atoms with Gasteiger partial charge in [0, 0.05) is 5.41 Å². The summed E-state index contributed by atoms with van der Waals surface area (Å²) >= 11 is 7.54. The van der Waals surface area contributed by atoms with Gasteiger partial charge in [-0.15, -0.1) is 25.3 Å². The predicted molar refractivity (Wildman–Crippen MR) is 37.3 cm³/mol. The van der Waals surface area contributed by atoms with E-state index in [-0.39, 0.29) is 0 Å². The molecule has 0 spiro atoms. The molecule has 0 N–H and O–H groups in total. The van der Waals surface area contributed by atoms with Gasteiger partial charge in [-0.25, -0.2) is 0 Å². The van der Waals surface area contributed by atoms with Crippen molar-refractivity contribution in [2.24, 2.45) is 0 Å². The smallest absolute Gasteiger partial charge is 0.162 e. The van der Waals surface area contributed by atoms with Crippen LogP contribution in [0.1, 0.15) is 0 Å². The summed E-state index contributed by atoms with van der Waals surface area (Å²) in [6.45, 7) is 3.30. The third-order valence-electron chi connectivity index (χ3n) is 0.315. The van der Waals surface area contributed by atoms with E-state index < -0.39 is 0 Å². The Morgan fingerprint density at radius 3 is 2.43 bits per heavy atom. The molecule has 0 aromatic carbocycles. The van der Waals surface area contributed by atoms with Gasteiger partial charge >= 0.3 is 0 Å². The van der Waals surface area contributed by atoms with Crippen LogP contribution < -0.4 is 0 Å². The first-order valence-corrected chi connectivity index (χ1v) is 2.58. The lowest BCUT2D eigenvalue weighted by Gasteiger charge is -1.91. The maximum Gasteiger partial charge on any atom is 0.162 e. The predicted octanol–water partition coefficient (Wildman–Crippen LogP) is 1.80. The zero-order chi connectivity index (χ0) is 5.70. The molecule has 0 heterocycles. The van der Waals surface area contributed by atoms with E-state index in [1.54, 1.807) is 0 Å². The molecule has 0 saturated heterocycles. The van der Waals surface area contributed by atoms with E-state index >= 15 is 0 Å². The number of hydrogen-bond donors (Lipinski definition) is 2. The highest BCUT2D eigenvalue weighted by atomic mass is 32.1. The summed E-state index contributed by atoms with van der Waals surface area (Å²) in [5, 5.41) is 1.88. The van der Waals surface area contributed by atoms with Crippen molar-refractivity contribution >= 4 is 25.3 Å². The van der Waals surface area contributed by atoms with Crippen molar-refractivity contribution in [1.29, 1.82) is 0 Å². The van der Waals surface area contributed by atoms with Gasteiger partial charge in [0.15, 0.2) is 5.09 Å². The van der Waals surface area contributed by atoms with E-state index in [2.05, 4.69) is 36.6 Å². The first-order valence-electron chi connectivity index (χ1n) is 1.62. The zero-order valence-corrected chi connectivity index (χ0v) is 5.45. The monoisotopic (exact) mass is 134 g/mol. The molecule has 0 atom stereocenters. The van der Waals surface area contributed by atoms with Crippen LogP contribution >= 0.6 is 25.3 Å². The highest BCUT2D eigenvalue weighted by Crippen LogP contribution is 2.02. The second-order valence-corrected chi connectivity index (χ2v) is 1.45. The zero-order valence-electron chi connectivity index (χ0n) is 3.66. The first-order chi connectivity index (χ1) is 3.31. The highest BCUT2D eigenvalue weighted by Gasteiger charge is 1.77. The Hall–Kier alpha value is -0.0200. The van der Waals surface area contributed by atoms with Gasteiger partial charge in [-0.1, -0.05) is 6.58 Å². The molecule has 3 heteroatoms. The van der Waals surface area contributed by atoms with Crippen molar-refractivity contribution in [3.05, 3.63) is 23.3 Å². The van der Waals surface area contributed by atoms with Crippen LogP contribution in [0, 0.1) is 0 Å². The Morgan fingerprint density at radius 1 is 1.71 bits per heavy atom. The molecule has 7 heavy (non-hydrogen) atoms. The maximum atomic E-state index is 4.60. The molecule has 0 aliphatic heterocycles. The lowest BCUT2D eigenvalue weighted by Crippen LogP contribution is -1.67. The van der Waals surface area contributed by atoms with Crippen molar-refractivity contribution in [3.8, 4) is 0 Å². The molecule has 0 bridgehead atoms. The van der Waals surface area contributed by atoms with Crippen LogP contribution in [0.3, 0.4) is 0 Å². The lowest BCUT2D eigenvalue weighted by atomic mass is 11.0. The van der Waals surface area contributed by atoms with E-state index in [0.29, 0.717) is 5.09 Å². The maximum absolute atomic E-state index is 4.60. The van der Waals surface area contributed by atoms with E-state index in [4.69, 9.17) is 0 Å². The van der Waals surface area contributed by atoms with Gasteiger partial charge in [0.2, 0.25) is 0 Å². The normalized spacial score (nSPS) is 10.9. The van der Waals surface area contributed by atoms with Gasteiger partial charge in [-0.2, -0.15) is 0 Å². The summed E-state index contributed by atoms with van der Waals surface area (Å²) in [4.78, 5) is 0. The second-order valence-electron chi connectivity index (χ2n) is 0.752. The summed E-state index contributed by atoms with van der Waals surface area (Å²) in [6, 6.07) is 0. The third-order valence-corrected chi connectivity index (χ3v) is 0.987. The molecule has 0 radical (unpaired) electrons. The number of hydrogen-bond acceptors (Lipinski definition) is 3. The van der Waals surface area contributed by atoms with E-state index in [1.165, 1.54) is 11.7 Å². The Labute approximate surface area is 53.9 Å². The molecule has 0 aromatic heterocycles. The fourth-order valence-electron chi connectivity index (χ4n) is 0.116. The first kappa shape index (κ1) is 6.98. The fourth-order valence-corrected chi connectivity index (χ4v) is 0.251. The summed E-state index contributed by atoms with van der Waals surface area (Å²) in [7, 11) is 0. The van der Waals surface area contributed by atoms with Crippen LogP contribution in [0.25, 0.3) is 0 Å². The molecular formula is C4H6OS2. The van der Waals surface area contributed by atoms with Gasteiger partial charge < -0.3 is 4.74 Å². The molecule has 0 saturated carbocycles. The number of thiol groups is 2. The van der Waals surface area contributed by atoms with Crippen molar-refractivity contribution < 1.29 is 4.74 Å². The molecule has 0 unspecified atom stereocenters. The van der Waals surface area contributed by atoms with Crippen molar-refractivity contribution in [1.82, 2.24) is 0 Å². The summed E-state index contributed by atoms with van der Waals surface area (Å²) in [5.74, 6) is 0. The summed E-state index contributed by atoms with van der Waals surface area (Å²) < 4.78 is 4.60. The standard InChI is InChI=1S/C4H6OS2/c1-2-5-4(7)3-6/h2-3,6-7H,1H2/b4-3-. The van der Waals surface area contributed by atoms with E-state index in [1.807, 2.05) is 0 Å². The molecule has 0 fully saturated rings. The molecular weight excluding hydrogens is 128 g/mol. The molecule has 0 rings (SSSR count). The van der Waals surface area contributed by atoms with Crippen LogP contribution in [0.2, 0.25) is 0 Å². The Morgan fingerprint density at radius 2 is 2.29 bits per heavy atom. The summed E-state index contributed by atoms with van der Waals surface area (Å²) in [6.07, 6.45) is 1.29. The average molecular weight is 134 g/mol. The molecule has 1 nitrogen and oxygen atoms in total. The molecule has 40 valence electrons. The third kappa shape index (κ3) is 3.82. The van der Waals surface area contributed by atoms with Crippen LogP contribution in [0.15, 0.2) is 23.3 Å². The van der Waals surface area contributed by atoms with Crippen LogP contribution in [0.5, 0.6) is 0 Å². The van der Waals surface area contributed by atoms with Crippen LogP contribution in [-0.2, 0) is 4.74 Å². The largest absolute Gasteiger partial charge is 0.459 e. The fraction of sp³-hybridized carbons (Fsp3) is 0. The Balaban J connectivity index is 3.36. The van der Waals surface area contributed by atoms with Gasteiger partial charge in [0.25, 0.3) is 0 Å². The minimum atomic E-state index is 0.443. The Bertz CT molecular complexity index is 87.7. The molecule has 0 aromatic rings. The molecule has 0 amide bonds. The van der Waals surface area contributed by atoms with Crippen molar-refractivity contribution in [2.45, 2.75) is 0 Å². The quantitative estimate of drug-likeness (QED) is 0.432. The van der Waals surface area contributed by atoms with Gasteiger partial charge in [0.1, 0.15) is 0 Å². The second kappa shape index (κ2) is 4.15. The minimum absolute atomic E-state index is 0.443. The minimum Gasteiger partial charge on any atom is -0.459 e. The number of ether oxygens (including phenoxy) is 1. The molecule has 0 aliphatic carbocycles. The highest BCUT2D eigenvalue weighted by molar-refractivity contribution is 7.87. The SMILES string of the molecule is C=CO/C(S)=C/S. The van der Waals surface area contributed by atoms with Crippen LogP contribution in [-0.4, -0.2) is 0 Å². The van der Waals surface area contributed by atoms with Gasteiger partial charge in [-0.05, 0) is 0 Å². The van der Waals surface area contributed by atoms with E-state index in [9.17, 15) is 0 Å². The van der Waals surface area contributed by atoms with Crippen LogP contribution in [0.4, 0.5) is 0 Å².